The lowest BCUT2D eigenvalue weighted by Crippen LogP contribution is -2.40. The molecule has 2 heterocycles. The van der Waals surface area contributed by atoms with Crippen LogP contribution in [0.3, 0.4) is 0 Å². The maximum absolute atomic E-state index is 12.9. The molecule has 12 nitrogen and oxygen atoms in total. The molecule has 0 aromatic heterocycles. The molecule has 0 aliphatic carbocycles. The van der Waals surface area contributed by atoms with Crippen LogP contribution >= 0.6 is 0 Å². The van der Waals surface area contributed by atoms with Gasteiger partial charge in [-0.25, -0.2) is 25.3 Å². The predicted molar refractivity (Wildman–Crippen MR) is 146 cm³/mol. The van der Waals surface area contributed by atoms with Gasteiger partial charge in [0.25, 0.3) is 0 Å². The fraction of sp³-hybridized carbons (Fsp3) is 0.458. The van der Waals surface area contributed by atoms with Gasteiger partial charge in [0, 0.05) is 31.9 Å². The smallest absolute Gasteiger partial charge is 0.245 e. The number of nitrogens with one attached hydrogen (secondary N) is 1. The Morgan fingerprint density at radius 3 is 1.77 bits per heavy atom. The van der Waals surface area contributed by atoms with Crippen LogP contribution in [0.15, 0.2) is 58.3 Å². The van der Waals surface area contributed by atoms with E-state index < -0.39 is 42.5 Å². The largest absolute Gasteiger partial charge is 0.379 e. The monoisotopic (exact) mass is 600 g/mol. The molecule has 0 atom stereocenters. The molecule has 1 N–H and O–H groups in total. The standard InChI is InChI=1S/C24H32N4O8S3/c1-37(30,31)28(21-7-11-23(12-8-21)39(34,35)27-15-17-36-18-16-27)19-24(29)25-20-5-9-22(10-6-20)38(32,33)26-13-3-2-4-14-26/h5-12H,2-4,13-19H2,1H3,(H,25,29). The molecule has 39 heavy (non-hydrogen) atoms. The lowest BCUT2D eigenvalue weighted by molar-refractivity contribution is -0.114. The Labute approximate surface area is 229 Å². The van der Waals surface area contributed by atoms with Gasteiger partial charge in [-0.05, 0) is 61.4 Å². The van der Waals surface area contributed by atoms with Gasteiger partial charge in [-0.15, -0.1) is 0 Å². The van der Waals surface area contributed by atoms with Crippen molar-refractivity contribution < 1.29 is 34.8 Å². The number of hydrogen-bond acceptors (Lipinski definition) is 8. The number of sulfonamides is 3. The van der Waals surface area contributed by atoms with Gasteiger partial charge >= 0.3 is 0 Å². The molecule has 2 aromatic carbocycles. The molecule has 0 radical (unpaired) electrons. The van der Waals surface area contributed by atoms with E-state index in [1.54, 1.807) is 0 Å². The number of hydrogen-bond donors (Lipinski definition) is 1. The summed E-state index contributed by atoms with van der Waals surface area (Å²) in [5.41, 5.74) is 0.426. The van der Waals surface area contributed by atoms with Crippen LogP contribution in [0.2, 0.25) is 0 Å². The second kappa shape index (κ2) is 11.9. The zero-order valence-corrected chi connectivity index (χ0v) is 24.0. The minimum absolute atomic E-state index is 0.00523. The van der Waals surface area contributed by atoms with E-state index in [-0.39, 0.29) is 28.6 Å². The third kappa shape index (κ3) is 6.96. The highest BCUT2D eigenvalue weighted by Crippen LogP contribution is 2.24. The number of anilines is 2. The SMILES string of the molecule is CS(=O)(=O)N(CC(=O)Nc1ccc(S(=O)(=O)N2CCCCC2)cc1)c1ccc(S(=O)(=O)N2CCOCC2)cc1. The molecule has 15 heteroatoms. The van der Waals surface area contributed by atoms with Crippen molar-refractivity contribution in [1.82, 2.24) is 8.61 Å². The first-order chi connectivity index (χ1) is 18.4. The van der Waals surface area contributed by atoms with Crippen molar-refractivity contribution in [2.45, 2.75) is 29.1 Å². The van der Waals surface area contributed by atoms with Crippen molar-refractivity contribution >= 4 is 47.4 Å². The minimum atomic E-state index is -3.90. The second-order valence-corrected chi connectivity index (χ2v) is 15.1. The van der Waals surface area contributed by atoms with Gasteiger partial charge in [0.15, 0.2) is 0 Å². The maximum atomic E-state index is 12.9. The first kappa shape index (κ1) is 29.4. The van der Waals surface area contributed by atoms with E-state index in [0.717, 1.165) is 29.8 Å². The predicted octanol–water partition coefficient (Wildman–Crippen LogP) is 1.29. The molecule has 0 unspecified atom stereocenters. The molecule has 2 aromatic rings. The van der Waals surface area contributed by atoms with Crippen molar-refractivity contribution in [2.24, 2.45) is 0 Å². The molecule has 0 saturated carbocycles. The summed E-state index contributed by atoms with van der Waals surface area (Å²) in [7, 11) is -11.3. The zero-order chi connectivity index (χ0) is 28.3. The second-order valence-electron chi connectivity index (χ2n) is 9.32. The van der Waals surface area contributed by atoms with Crippen molar-refractivity contribution in [2.75, 3.05) is 61.8 Å². The van der Waals surface area contributed by atoms with Crippen molar-refractivity contribution in [3.05, 3.63) is 48.5 Å². The van der Waals surface area contributed by atoms with Crippen LogP contribution in [-0.2, 0) is 39.6 Å². The lowest BCUT2D eigenvalue weighted by Gasteiger charge is -2.26. The van der Waals surface area contributed by atoms with Crippen molar-refractivity contribution in [3.8, 4) is 0 Å². The number of morpholine rings is 1. The van der Waals surface area contributed by atoms with Crippen LogP contribution in [-0.4, -0.2) is 92.0 Å². The number of carbonyl (C=O) groups is 1. The molecule has 2 fully saturated rings. The van der Waals surface area contributed by atoms with E-state index in [4.69, 9.17) is 4.74 Å². The average molecular weight is 601 g/mol. The Balaban J connectivity index is 1.44. The van der Waals surface area contributed by atoms with E-state index in [9.17, 15) is 30.0 Å². The van der Waals surface area contributed by atoms with Crippen molar-refractivity contribution in [3.63, 3.8) is 0 Å². The molecule has 214 valence electrons. The summed E-state index contributed by atoms with van der Waals surface area (Å²) in [5, 5.41) is 2.58. The molecule has 1 amide bonds. The highest BCUT2D eigenvalue weighted by Gasteiger charge is 2.28. The Kier molecular flexibility index (Phi) is 8.98. The van der Waals surface area contributed by atoms with Crippen LogP contribution in [0.4, 0.5) is 11.4 Å². The molecule has 2 saturated heterocycles. The van der Waals surface area contributed by atoms with Gasteiger partial charge < -0.3 is 10.1 Å². The lowest BCUT2D eigenvalue weighted by atomic mass is 10.2. The van der Waals surface area contributed by atoms with E-state index >= 15 is 0 Å². The summed E-state index contributed by atoms with van der Waals surface area (Å²) >= 11 is 0. The number of piperidine rings is 1. The van der Waals surface area contributed by atoms with Crippen molar-refractivity contribution in [1.29, 1.82) is 0 Å². The number of nitrogens with zero attached hydrogens (tertiary/aromatic N) is 3. The maximum Gasteiger partial charge on any atom is 0.245 e. The van der Waals surface area contributed by atoms with Crippen LogP contribution in [0.5, 0.6) is 0 Å². The highest BCUT2D eigenvalue weighted by atomic mass is 32.2. The van der Waals surface area contributed by atoms with E-state index in [1.165, 1.54) is 57.1 Å². The summed E-state index contributed by atoms with van der Waals surface area (Å²) in [4.78, 5) is 12.9. The number of rotatable bonds is 9. The third-order valence-electron chi connectivity index (χ3n) is 6.51. The van der Waals surface area contributed by atoms with Gasteiger partial charge in [0.05, 0.1) is 34.9 Å². The van der Waals surface area contributed by atoms with Gasteiger partial charge in [0.2, 0.25) is 36.0 Å². The molecular formula is C24H32N4O8S3. The zero-order valence-electron chi connectivity index (χ0n) is 21.5. The van der Waals surface area contributed by atoms with Gasteiger partial charge in [-0.1, -0.05) is 6.42 Å². The van der Waals surface area contributed by atoms with E-state index in [1.807, 2.05) is 0 Å². The Morgan fingerprint density at radius 2 is 1.26 bits per heavy atom. The quantitative estimate of drug-likeness (QED) is 0.452. The normalized spacial score (nSPS) is 18.0. The Morgan fingerprint density at radius 1 is 0.769 bits per heavy atom. The third-order valence-corrected chi connectivity index (χ3v) is 11.5. The van der Waals surface area contributed by atoms with Gasteiger partial charge in [-0.2, -0.15) is 8.61 Å². The minimum Gasteiger partial charge on any atom is -0.379 e. The topological polar surface area (TPSA) is 150 Å². The fourth-order valence-electron chi connectivity index (χ4n) is 4.42. The average Bonchev–Trinajstić information content (AvgIpc) is 2.92. The van der Waals surface area contributed by atoms with Crippen LogP contribution < -0.4 is 9.62 Å². The van der Waals surface area contributed by atoms with Crippen LogP contribution in [0.25, 0.3) is 0 Å². The highest BCUT2D eigenvalue weighted by molar-refractivity contribution is 7.92. The Hall–Kier alpha value is -2.56. The fourth-order valence-corrected chi connectivity index (χ4v) is 8.20. The summed E-state index contributed by atoms with van der Waals surface area (Å²) in [6.07, 6.45) is 3.57. The molecule has 0 spiro atoms. The molecule has 2 aliphatic rings. The van der Waals surface area contributed by atoms with Crippen LogP contribution in [0, 0.1) is 0 Å². The van der Waals surface area contributed by atoms with E-state index in [0.29, 0.717) is 32.0 Å². The first-order valence-electron chi connectivity index (χ1n) is 12.4. The summed E-state index contributed by atoms with van der Waals surface area (Å²) in [5.74, 6) is -0.655. The molecule has 4 rings (SSSR count). The first-order valence-corrected chi connectivity index (χ1v) is 17.2. The molecule has 2 aliphatic heterocycles. The summed E-state index contributed by atoms with van der Waals surface area (Å²) < 4.78 is 85.2. The summed E-state index contributed by atoms with van der Waals surface area (Å²) in [6, 6.07) is 11.0. The number of amides is 1. The van der Waals surface area contributed by atoms with Gasteiger partial charge in [-0.3, -0.25) is 9.10 Å². The number of benzene rings is 2. The number of ether oxygens (including phenoxy) is 1. The van der Waals surface area contributed by atoms with Gasteiger partial charge in [0.1, 0.15) is 6.54 Å². The van der Waals surface area contributed by atoms with Crippen LogP contribution in [0.1, 0.15) is 19.3 Å². The Bertz CT molecular complexity index is 1480. The number of carbonyl (C=O) groups excluding carboxylic acids is 1. The summed E-state index contributed by atoms with van der Waals surface area (Å²) in [6.45, 7) is 1.43. The van der Waals surface area contributed by atoms with E-state index in [2.05, 4.69) is 5.32 Å². The molecule has 0 bridgehead atoms. The molecular weight excluding hydrogens is 568 g/mol.